The van der Waals surface area contributed by atoms with Crippen LogP contribution < -0.4 is 10.6 Å². The van der Waals surface area contributed by atoms with E-state index in [0.29, 0.717) is 41.3 Å². The molecule has 0 saturated heterocycles. The molecule has 4 aliphatic carbocycles. The SMILES string of the molecule is Cc1cc(NC(=O)c2c(C)c(C(=O)C(=O)NC3C4CC5CC3CC(O)(C5)C4)n(CCO)c2C)ccc1F. The molecule has 4 bridgehead atoms. The highest BCUT2D eigenvalue weighted by molar-refractivity contribution is 6.43. The van der Waals surface area contributed by atoms with Crippen LogP contribution in [0.5, 0.6) is 0 Å². The molecule has 2 atom stereocenters. The zero-order valence-corrected chi connectivity index (χ0v) is 21.4. The van der Waals surface area contributed by atoms with Gasteiger partial charge in [0.15, 0.2) is 0 Å². The number of carbonyl (C=O) groups is 3. The molecule has 9 heteroatoms. The van der Waals surface area contributed by atoms with Crippen molar-refractivity contribution in [1.29, 1.82) is 0 Å². The summed E-state index contributed by atoms with van der Waals surface area (Å²) in [6.45, 7) is 4.65. The number of aromatic nitrogens is 1. The van der Waals surface area contributed by atoms with Crippen LogP contribution >= 0.6 is 0 Å². The van der Waals surface area contributed by atoms with Gasteiger partial charge in [-0.15, -0.1) is 0 Å². The highest BCUT2D eigenvalue weighted by Crippen LogP contribution is 2.55. The summed E-state index contributed by atoms with van der Waals surface area (Å²) in [7, 11) is 0. The standard InChI is InChI=1S/C28H34FN3O5/c1-14-8-20(4-5-21(14)29)30-26(35)22-15(2)24(32(6-7-33)16(22)3)25(34)27(36)31-23-18-9-17-10-19(23)13-28(37,11-17)12-18/h4-5,8,17-19,23,33,37H,6-7,9-13H2,1-3H3,(H,30,35)(H,31,36). The molecule has 2 aromatic rings. The zero-order chi connectivity index (χ0) is 26.6. The van der Waals surface area contributed by atoms with Crippen molar-refractivity contribution >= 4 is 23.3 Å². The van der Waals surface area contributed by atoms with Crippen LogP contribution in [0.3, 0.4) is 0 Å². The summed E-state index contributed by atoms with van der Waals surface area (Å²) in [6, 6.07) is 4.09. The van der Waals surface area contributed by atoms with Gasteiger partial charge >= 0.3 is 0 Å². The number of carbonyl (C=O) groups excluding carboxylic acids is 3. The Morgan fingerprint density at radius 1 is 1.11 bits per heavy atom. The Balaban J connectivity index is 1.39. The topological polar surface area (TPSA) is 121 Å². The number of hydrogen-bond donors (Lipinski definition) is 4. The van der Waals surface area contributed by atoms with Gasteiger partial charge in [-0.05, 0) is 100.0 Å². The Bertz CT molecular complexity index is 1270. The molecule has 1 heterocycles. The average molecular weight is 512 g/mol. The number of aliphatic hydroxyl groups excluding tert-OH is 1. The fourth-order valence-electron chi connectivity index (χ4n) is 7.36. The number of nitrogens with zero attached hydrogens (tertiary/aromatic N) is 1. The Labute approximate surface area is 215 Å². The van der Waals surface area contributed by atoms with E-state index in [1.165, 1.54) is 22.8 Å². The van der Waals surface area contributed by atoms with E-state index >= 15 is 0 Å². The first-order valence-corrected chi connectivity index (χ1v) is 13.0. The van der Waals surface area contributed by atoms with Crippen molar-refractivity contribution < 1.29 is 29.0 Å². The maximum atomic E-state index is 13.6. The van der Waals surface area contributed by atoms with E-state index in [0.717, 1.165) is 19.3 Å². The number of rotatable bonds is 7. The summed E-state index contributed by atoms with van der Waals surface area (Å²) in [4.78, 5) is 39.9. The fourth-order valence-corrected chi connectivity index (χ4v) is 7.36. The molecule has 2 unspecified atom stereocenters. The number of anilines is 1. The summed E-state index contributed by atoms with van der Waals surface area (Å²) in [5.74, 6) is -1.57. The molecule has 2 amide bonds. The molecule has 6 rings (SSSR count). The first-order valence-electron chi connectivity index (χ1n) is 13.0. The first kappa shape index (κ1) is 25.6. The Kier molecular flexibility index (Phi) is 6.48. The van der Waals surface area contributed by atoms with Crippen molar-refractivity contribution in [2.24, 2.45) is 17.8 Å². The molecule has 37 heavy (non-hydrogen) atoms. The molecule has 0 radical (unpaired) electrons. The highest BCUT2D eigenvalue weighted by Gasteiger charge is 2.55. The lowest BCUT2D eigenvalue weighted by Crippen LogP contribution is -2.62. The van der Waals surface area contributed by atoms with Crippen LogP contribution in [0.1, 0.15) is 69.8 Å². The Hall–Kier alpha value is -3.04. The summed E-state index contributed by atoms with van der Waals surface area (Å²) in [6.07, 6.45) is 4.01. The second kappa shape index (κ2) is 9.36. The molecule has 4 aliphatic rings. The van der Waals surface area contributed by atoms with Crippen LogP contribution in [0.4, 0.5) is 10.1 Å². The predicted molar refractivity (Wildman–Crippen MR) is 135 cm³/mol. The Morgan fingerprint density at radius 2 is 1.78 bits per heavy atom. The van der Waals surface area contributed by atoms with Crippen molar-refractivity contribution in [3.63, 3.8) is 0 Å². The molecule has 4 N–H and O–H groups in total. The van der Waals surface area contributed by atoms with Gasteiger partial charge in [0.25, 0.3) is 17.6 Å². The van der Waals surface area contributed by atoms with E-state index in [1.54, 1.807) is 20.8 Å². The lowest BCUT2D eigenvalue weighted by Gasteiger charge is -2.58. The number of hydrogen-bond acceptors (Lipinski definition) is 5. The molecular weight excluding hydrogens is 477 g/mol. The molecule has 4 saturated carbocycles. The van der Waals surface area contributed by atoms with Crippen LogP contribution in [0.25, 0.3) is 0 Å². The quantitative estimate of drug-likeness (QED) is 0.336. The van der Waals surface area contributed by atoms with Gasteiger partial charge in [-0.2, -0.15) is 0 Å². The van der Waals surface area contributed by atoms with Crippen LogP contribution in [0.2, 0.25) is 0 Å². The number of aryl methyl sites for hydroxylation is 1. The maximum absolute atomic E-state index is 13.6. The summed E-state index contributed by atoms with van der Waals surface area (Å²) in [5.41, 5.74) is 1.27. The fraction of sp³-hybridized carbons (Fsp3) is 0.536. The average Bonchev–Trinajstić information content (AvgIpc) is 3.06. The largest absolute Gasteiger partial charge is 0.395 e. The molecule has 8 nitrogen and oxygen atoms in total. The predicted octanol–water partition coefficient (Wildman–Crippen LogP) is 3.04. The lowest BCUT2D eigenvalue weighted by molar-refractivity contribution is -0.144. The molecule has 0 spiro atoms. The summed E-state index contributed by atoms with van der Waals surface area (Å²) in [5, 5.41) is 26.2. The number of benzene rings is 1. The van der Waals surface area contributed by atoms with Gasteiger partial charge in [0.1, 0.15) is 5.82 Å². The van der Waals surface area contributed by atoms with Gasteiger partial charge in [-0.3, -0.25) is 14.4 Å². The van der Waals surface area contributed by atoms with Gasteiger partial charge in [-0.1, -0.05) is 0 Å². The number of amides is 2. The van der Waals surface area contributed by atoms with E-state index in [4.69, 9.17) is 0 Å². The summed E-state index contributed by atoms with van der Waals surface area (Å²) >= 11 is 0. The van der Waals surface area contributed by atoms with Crippen LogP contribution in [0, 0.1) is 44.3 Å². The van der Waals surface area contributed by atoms with Crippen molar-refractivity contribution in [3.05, 3.63) is 52.1 Å². The number of Topliss-reactive ketones (excluding diaryl/α,β-unsaturated/α-hetero) is 1. The van der Waals surface area contributed by atoms with Gasteiger partial charge in [0, 0.05) is 24.0 Å². The first-order chi connectivity index (χ1) is 17.5. The Morgan fingerprint density at radius 3 is 2.38 bits per heavy atom. The maximum Gasteiger partial charge on any atom is 0.294 e. The third-order valence-electron chi connectivity index (χ3n) is 8.69. The smallest absolute Gasteiger partial charge is 0.294 e. The van der Waals surface area contributed by atoms with Crippen LogP contribution in [0.15, 0.2) is 18.2 Å². The molecule has 198 valence electrons. The molecule has 4 fully saturated rings. The minimum absolute atomic E-state index is 0.0490. The number of halogens is 1. The van der Waals surface area contributed by atoms with Crippen molar-refractivity contribution in [2.45, 2.75) is 71.1 Å². The molecular formula is C28H34FN3O5. The third kappa shape index (κ3) is 4.48. The van der Waals surface area contributed by atoms with Crippen molar-refractivity contribution in [3.8, 4) is 0 Å². The molecule has 0 aliphatic heterocycles. The third-order valence-corrected chi connectivity index (χ3v) is 8.69. The summed E-state index contributed by atoms with van der Waals surface area (Å²) < 4.78 is 15.2. The lowest BCUT2D eigenvalue weighted by atomic mass is 9.52. The van der Waals surface area contributed by atoms with Gasteiger partial charge < -0.3 is 25.4 Å². The molecule has 1 aromatic carbocycles. The van der Waals surface area contributed by atoms with E-state index < -0.39 is 23.2 Å². The number of nitrogens with one attached hydrogen (secondary N) is 2. The van der Waals surface area contributed by atoms with Crippen molar-refractivity contribution in [1.82, 2.24) is 9.88 Å². The van der Waals surface area contributed by atoms with E-state index in [1.807, 2.05) is 0 Å². The second-order valence-corrected chi connectivity index (χ2v) is 11.3. The van der Waals surface area contributed by atoms with Gasteiger partial charge in [0.05, 0.1) is 23.5 Å². The van der Waals surface area contributed by atoms with E-state index in [9.17, 15) is 29.0 Å². The van der Waals surface area contributed by atoms with Gasteiger partial charge in [-0.25, -0.2) is 4.39 Å². The van der Waals surface area contributed by atoms with Crippen LogP contribution in [-0.2, 0) is 11.3 Å². The van der Waals surface area contributed by atoms with Crippen LogP contribution in [-0.4, -0.2) is 50.6 Å². The normalized spacial score (nSPS) is 27.8. The minimum Gasteiger partial charge on any atom is -0.395 e. The minimum atomic E-state index is -0.752. The highest BCUT2D eigenvalue weighted by atomic mass is 19.1. The number of aliphatic hydroxyl groups is 2. The zero-order valence-electron chi connectivity index (χ0n) is 21.4. The van der Waals surface area contributed by atoms with E-state index in [2.05, 4.69) is 10.6 Å². The van der Waals surface area contributed by atoms with E-state index in [-0.39, 0.29) is 48.1 Å². The van der Waals surface area contributed by atoms with Crippen molar-refractivity contribution in [2.75, 3.05) is 11.9 Å². The monoisotopic (exact) mass is 511 g/mol. The van der Waals surface area contributed by atoms with Gasteiger partial charge in [0.2, 0.25) is 0 Å². The molecule has 1 aromatic heterocycles. The second-order valence-electron chi connectivity index (χ2n) is 11.3. The number of ketones is 1.